The molecule has 0 saturated carbocycles. The van der Waals surface area contributed by atoms with Gasteiger partial charge in [0.1, 0.15) is 5.75 Å². The Labute approximate surface area is 156 Å². The van der Waals surface area contributed by atoms with Crippen molar-refractivity contribution in [3.63, 3.8) is 0 Å². The molecule has 0 heterocycles. The molecule has 0 aliphatic carbocycles. The molecule has 2 aromatic carbocycles. The molecule has 0 bridgehead atoms. The van der Waals surface area contributed by atoms with Crippen molar-refractivity contribution < 1.29 is 14.3 Å². The lowest BCUT2D eigenvalue weighted by atomic mass is 10.2. The molecule has 0 aliphatic rings. The highest BCUT2D eigenvalue weighted by Gasteiger charge is 2.16. The Bertz CT molecular complexity index is 778. The Morgan fingerprint density at radius 1 is 1.12 bits per heavy atom. The number of nitrogens with zero attached hydrogens (tertiary/aromatic N) is 1. The van der Waals surface area contributed by atoms with E-state index in [-0.39, 0.29) is 11.8 Å². The van der Waals surface area contributed by atoms with Crippen molar-refractivity contribution >= 4 is 46.4 Å². The van der Waals surface area contributed by atoms with Gasteiger partial charge < -0.3 is 15.0 Å². The fraction of sp³-hybridized carbons (Fsp3) is 0.222. The van der Waals surface area contributed by atoms with Crippen molar-refractivity contribution in [2.24, 2.45) is 0 Å². The van der Waals surface area contributed by atoms with Crippen LogP contribution >= 0.6 is 23.2 Å². The van der Waals surface area contributed by atoms with Crippen molar-refractivity contribution in [2.45, 2.75) is 20.0 Å². The summed E-state index contributed by atoms with van der Waals surface area (Å²) >= 11 is 11.9. The highest BCUT2D eigenvalue weighted by molar-refractivity contribution is 6.35. The normalized spacial score (nSPS) is 11.6. The molecule has 0 aliphatic heterocycles. The molecule has 0 radical (unpaired) electrons. The fourth-order valence-electron chi connectivity index (χ4n) is 2.01. The van der Waals surface area contributed by atoms with Gasteiger partial charge in [-0.05, 0) is 49.4 Å². The van der Waals surface area contributed by atoms with Crippen LogP contribution in [0.2, 0.25) is 10.0 Å². The summed E-state index contributed by atoms with van der Waals surface area (Å²) in [7, 11) is 1.68. The van der Waals surface area contributed by atoms with Crippen molar-refractivity contribution in [2.75, 3.05) is 17.3 Å². The molecule has 2 rings (SSSR count). The largest absolute Gasteiger partial charge is 0.479 e. The van der Waals surface area contributed by atoms with E-state index < -0.39 is 6.10 Å². The van der Waals surface area contributed by atoms with Crippen LogP contribution in [0, 0.1) is 0 Å². The summed E-state index contributed by atoms with van der Waals surface area (Å²) in [4.78, 5) is 25.1. The number of ether oxygens (including phenoxy) is 1. The summed E-state index contributed by atoms with van der Waals surface area (Å²) in [6.07, 6.45) is -0.752. The summed E-state index contributed by atoms with van der Waals surface area (Å²) in [6.45, 7) is 3.11. The molecule has 0 spiro atoms. The molecule has 25 heavy (non-hydrogen) atoms. The van der Waals surface area contributed by atoms with Crippen LogP contribution in [0.4, 0.5) is 11.4 Å². The van der Waals surface area contributed by atoms with E-state index >= 15 is 0 Å². The number of halogens is 2. The number of rotatable bonds is 5. The molecule has 7 heteroatoms. The third kappa shape index (κ3) is 5.11. The standard InChI is InChI=1S/C18H18Cl2N2O3/c1-11(25-17-9-4-13(19)10-16(17)20)18(24)21-14-5-7-15(8-6-14)22(3)12(2)23/h4-11H,1-3H3,(H,21,24)/t11-/m1/s1. The molecular formula is C18H18Cl2N2O3. The summed E-state index contributed by atoms with van der Waals surface area (Å²) in [6, 6.07) is 11.7. The maximum absolute atomic E-state index is 12.3. The Morgan fingerprint density at radius 3 is 2.32 bits per heavy atom. The number of carbonyl (C=O) groups is 2. The maximum Gasteiger partial charge on any atom is 0.265 e. The van der Waals surface area contributed by atoms with Gasteiger partial charge in [-0.2, -0.15) is 0 Å². The summed E-state index contributed by atoms with van der Waals surface area (Å²) < 4.78 is 5.57. The Kier molecular flexibility index (Phi) is 6.28. The first-order valence-corrected chi connectivity index (χ1v) is 8.30. The van der Waals surface area contributed by atoms with Gasteiger partial charge in [-0.3, -0.25) is 9.59 Å². The summed E-state index contributed by atoms with van der Waals surface area (Å²) in [5, 5.41) is 3.58. The molecule has 132 valence electrons. The zero-order valence-electron chi connectivity index (χ0n) is 14.0. The van der Waals surface area contributed by atoms with Gasteiger partial charge in [0.15, 0.2) is 6.10 Å². The van der Waals surface area contributed by atoms with E-state index in [0.717, 1.165) is 5.69 Å². The molecule has 0 saturated heterocycles. The van der Waals surface area contributed by atoms with Gasteiger partial charge in [0.25, 0.3) is 5.91 Å². The first-order chi connectivity index (χ1) is 11.8. The minimum absolute atomic E-state index is 0.0707. The Balaban J connectivity index is 2.00. The zero-order chi connectivity index (χ0) is 18.6. The molecule has 0 aromatic heterocycles. The predicted molar refractivity (Wildman–Crippen MR) is 101 cm³/mol. The van der Waals surface area contributed by atoms with Crippen LogP contribution in [0.1, 0.15) is 13.8 Å². The second kappa shape index (κ2) is 8.23. The summed E-state index contributed by atoms with van der Waals surface area (Å²) in [5.74, 6) is -0.00973. The monoisotopic (exact) mass is 380 g/mol. The zero-order valence-corrected chi connectivity index (χ0v) is 15.6. The molecular weight excluding hydrogens is 363 g/mol. The van der Waals surface area contributed by atoms with Gasteiger partial charge in [-0.15, -0.1) is 0 Å². The number of amides is 2. The fourth-order valence-corrected chi connectivity index (χ4v) is 2.46. The first-order valence-electron chi connectivity index (χ1n) is 7.55. The third-order valence-electron chi connectivity index (χ3n) is 3.56. The first kappa shape index (κ1) is 19.1. The van der Waals surface area contributed by atoms with Gasteiger partial charge in [0.2, 0.25) is 5.91 Å². The number of nitrogens with one attached hydrogen (secondary N) is 1. The molecule has 1 N–H and O–H groups in total. The van der Waals surface area contributed by atoms with E-state index in [9.17, 15) is 9.59 Å². The Morgan fingerprint density at radius 2 is 1.76 bits per heavy atom. The van der Waals surface area contributed by atoms with Crippen LogP contribution in [0.3, 0.4) is 0 Å². The number of hydrogen-bond acceptors (Lipinski definition) is 3. The highest BCUT2D eigenvalue weighted by atomic mass is 35.5. The SMILES string of the molecule is CC(=O)N(C)c1ccc(NC(=O)[C@@H](C)Oc2ccc(Cl)cc2Cl)cc1. The number of benzene rings is 2. The van der Waals surface area contributed by atoms with E-state index in [1.165, 1.54) is 11.8 Å². The average molecular weight is 381 g/mol. The number of carbonyl (C=O) groups excluding carboxylic acids is 2. The van der Waals surface area contributed by atoms with Crippen molar-refractivity contribution in [1.82, 2.24) is 0 Å². The minimum Gasteiger partial charge on any atom is -0.479 e. The molecule has 1 atom stereocenters. The van der Waals surface area contributed by atoms with Crippen molar-refractivity contribution in [1.29, 1.82) is 0 Å². The predicted octanol–water partition coefficient (Wildman–Crippen LogP) is 4.38. The van der Waals surface area contributed by atoms with E-state index in [4.69, 9.17) is 27.9 Å². The van der Waals surface area contributed by atoms with Gasteiger partial charge in [-0.25, -0.2) is 0 Å². The molecule has 5 nitrogen and oxygen atoms in total. The lowest BCUT2D eigenvalue weighted by Crippen LogP contribution is -2.30. The molecule has 2 amide bonds. The van der Waals surface area contributed by atoms with Crippen LogP contribution in [0.15, 0.2) is 42.5 Å². The molecule has 2 aromatic rings. The lowest BCUT2D eigenvalue weighted by molar-refractivity contribution is -0.122. The lowest BCUT2D eigenvalue weighted by Gasteiger charge is -2.17. The summed E-state index contributed by atoms with van der Waals surface area (Å²) in [5.41, 5.74) is 1.34. The number of hydrogen-bond donors (Lipinski definition) is 1. The van der Waals surface area contributed by atoms with Crippen LogP contribution in [0.25, 0.3) is 0 Å². The average Bonchev–Trinajstić information content (AvgIpc) is 2.57. The smallest absolute Gasteiger partial charge is 0.265 e. The number of anilines is 2. The van der Waals surface area contributed by atoms with Crippen molar-refractivity contribution in [3.8, 4) is 5.75 Å². The van der Waals surface area contributed by atoms with Crippen LogP contribution in [-0.4, -0.2) is 25.0 Å². The van der Waals surface area contributed by atoms with Crippen LogP contribution in [0.5, 0.6) is 5.75 Å². The third-order valence-corrected chi connectivity index (χ3v) is 4.09. The maximum atomic E-state index is 12.3. The second-order valence-electron chi connectivity index (χ2n) is 5.45. The van der Waals surface area contributed by atoms with Gasteiger partial charge in [-0.1, -0.05) is 23.2 Å². The van der Waals surface area contributed by atoms with Crippen LogP contribution < -0.4 is 15.0 Å². The second-order valence-corrected chi connectivity index (χ2v) is 6.29. The van der Waals surface area contributed by atoms with E-state index in [1.54, 1.807) is 56.4 Å². The minimum atomic E-state index is -0.752. The Hall–Kier alpha value is -2.24. The van der Waals surface area contributed by atoms with Crippen LogP contribution in [-0.2, 0) is 9.59 Å². The highest BCUT2D eigenvalue weighted by Crippen LogP contribution is 2.28. The van der Waals surface area contributed by atoms with Gasteiger partial charge in [0.05, 0.1) is 5.02 Å². The molecule has 0 fully saturated rings. The van der Waals surface area contributed by atoms with Gasteiger partial charge in [0, 0.05) is 30.4 Å². The van der Waals surface area contributed by atoms with Gasteiger partial charge >= 0.3 is 0 Å². The topological polar surface area (TPSA) is 58.6 Å². The van der Waals surface area contributed by atoms with E-state index in [0.29, 0.717) is 21.5 Å². The van der Waals surface area contributed by atoms with E-state index in [1.807, 2.05) is 0 Å². The quantitative estimate of drug-likeness (QED) is 0.836. The van der Waals surface area contributed by atoms with E-state index in [2.05, 4.69) is 5.32 Å². The van der Waals surface area contributed by atoms with Crippen molar-refractivity contribution in [3.05, 3.63) is 52.5 Å². The molecule has 0 unspecified atom stereocenters.